The number of rotatable bonds is 4. The Morgan fingerprint density at radius 3 is 2.76 bits per heavy atom. The number of nitrogens with one attached hydrogen (secondary N) is 1. The molecule has 0 aromatic carbocycles. The first-order valence-electron chi connectivity index (χ1n) is 8.93. The van der Waals surface area contributed by atoms with Crippen molar-refractivity contribution in [3.63, 3.8) is 0 Å². The normalized spacial score (nSPS) is 20.5. The molecule has 0 radical (unpaired) electrons. The van der Waals surface area contributed by atoms with Crippen molar-refractivity contribution in [3.8, 4) is 0 Å². The summed E-state index contributed by atoms with van der Waals surface area (Å²) in [6.45, 7) is 8.65. The van der Waals surface area contributed by atoms with Crippen molar-refractivity contribution in [2.24, 2.45) is 0 Å². The monoisotopic (exact) mass is 343 g/mol. The predicted molar refractivity (Wildman–Crippen MR) is 93.7 cm³/mol. The summed E-state index contributed by atoms with van der Waals surface area (Å²) in [6, 6.07) is 0. The number of dihydropyridines is 1. The minimum absolute atomic E-state index is 0.108. The summed E-state index contributed by atoms with van der Waals surface area (Å²) in [4.78, 5) is 25.4. The summed E-state index contributed by atoms with van der Waals surface area (Å²) in [6.07, 6.45) is 4.13. The average molecular weight is 343 g/mol. The molecule has 3 rings (SSSR count). The maximum absolute atomic E-state index is 12.7. The number of carbonyl (C=O) groups is 2. The van der Waals surface area contributed by atoms with Gasteiger partial charge in [-0.2, -0.15) is 5.10 Å². The average Bonchev–Trinajstić information content (AvgIpc) is 2.94. The van der Waals surface area contributed by atoms with E-state index in [1.165, 1.54) is 0 Å². The Labute approximate surface area is 147 Å². The van der Waals surface area contributed by atoms with E-state index in [1.54, 1.807) is 6.92 Å². The number of Topliss-reactive ketones (excluding diaryl/α,β-unsaturated/α-hetero) is 1. The quantitative estimate of drug-likeness (QED) is 0.851. The van der Waals surface area contributed by atoms with E-state index in [-0.39, 0.29) is 11.8 Å². The van der Waals surface area contributed by atoms with Crippen LogP contribution in [-0.2, 0) is 20.9 Å². The molecule has 2 aliphatic rings. The van der Waals surface area contributed by atoms with Gasteiger partial charge in [0.2, 0.25) is 0 Å². The molecule has 6 nitrogen and oxygen atoms in total. The molecule has 1 aliphatic heterocycles. The van der Waals surface area contributed by atoms with E-state index in [1.807, 2.05) is 31.6 Å². The fourth-order valence-electron chi connectivity index (χ4n) is 3.75. The van der Waals surface area contributed by atoms with Crippen LogP contribution >= 0.6 is 0 Å². The van der Waals surface area contributed by atoms with E-state index in [2.05, 4.69) is 10.4 Å². The Hall–Kier alpha value is -2.37. The lowest BCUT2D eigenvalue weighted by Crippen LogP contribution is -2.34. The van der Waals surface area contributed by atoms with Gasteiger partial charge in [-0.05, 0) is 40.5 Å². The van der Waals surface area contributed by atoms with Gasteiger partial charge in [0.1, 0.15) is 0 Å². The SMILES string of the molecule is CCOC(=O)C1=C(C)NC2=C(C(=O)CCC2)[C@@H]1c1cn(CC)nc1C. The molecule has 0 fully saturated rings. The van der Waals surface area contributed by atoms with Crippen LogP contribution in [0.2, 0.25) is 0 Å². The van der Waals surface area contributed by atoms with E-state index in [0.717, 1.165) is 42.0 Å². The van der Waals surface area contributed by atoms with Crippen molar-refractivity contribution in [2.45, 2.75) is 59.4 Å². The van der Waals surface area contributed by atoms with Crippen molar-refractivity contribution < 1.29 is 14.3 Å². The van der Waals surface area contributed by atoms with E-state index >= 15 is 0 Å². The number of aryl methyl sites for hydroxylation is 2. The highest BCUT2D eigenvalue weighted by atomic mass is 16.5. The Morgan fingerprint density at radius 1 is 1.36 bits per heavy atom. The number of ether oxygens (including phenoxy) is 1. The molecule has 2 heterocycles. The lowest BCUT2D eigenvalue weighted by Gasteiger charge is -2.33. The Balaban J connectivity index is 2.18. The molecule has 1 aromatic heterocycles. The molecule has 0 saturated heterocycles. The Kier molecular flexibility index (Phi) is 4.79. The summed E-state index contributed by atoms with van der Waals surface area (Å²) >= 11 is 0. The van der Waals surface area contributed by atoms with E-state index in [4.69, 9.17) is 4.74 Å². The molecule has 1 aromatic rings. The summed E-state index contributed by atoms with van der Waals surface area (Å²) < 4.78 is 7.14. The molecule has 0 bridgehead atoms. The van der Waals surface area contributed by atoms with Gasteiger partial charge < -0.3 is 10.1 Å². The summed E-state index contributed by atoms with van der Waals surface area (Å²) in [5.41, 5.74) is 4.69. The lowest BCUT2D eigenvalue weighted by atomic mass is 9.75. The molecule has 0 unspecified atom stereocenters. The number of hydrogen-bond acceptors (Lipinski definition) is 5. The van der Waals surface area contributed by atoms with Crippen molar-refractivity contribution >= 4 is 11.8 Å². The highest BCUT2D eigenvalue weighted by molar-refractivity contribution is 6.03. The highest BCUT2D eigenvalue weighted by Gasteiger charge is 2.40. The van der Waals surface area contributed by atoms with Crippen LogP contribution in [0.15, 0.2) is 28.7 Å². The standard InChI is InChI=1S/C19H25N3O3/c1-5-22-10-13(11(3)21-22)17-16(19(24)25-6-2)12(4)20-14-8-7-9-15(23)18(14)17/h10,17,20H,5-9H2,1-4H3/t17-/m1/s1. The molecule has 1 aliphatic carbocycles. The molecule has 0 amide bonds. The van der Waals surface area contributed by atoms with E-state index < -0.39 is 5.92 Å². The van der Waals surface area contributed by atoms with Gasteiger partial charge in [-0.25, -0.2) is 4.79 Å². The van der Waals surface area contributed by atoms with Crippen LogP contribution in [0.1, 0.15) is 57.2 Å². The van der Waals surface area contributed by atoms with Gasteiger partial charge >= 0.3 is 5.97 Å². The second-order valence-corrected chi connectivity index (χ2v) is 6.51. The van der Waals surface area contributed by atoms with Crippen molar-refractivity contribution in [1.29, 1.82) is 0 Å². The fraction of sp³-hybridized carbons (Fsp3) is 0.526. The number of ketones is 1. The van der Waals surface area contributed by atoms with Crippen LogP contribution < -0.4 is 5.32 Å². The van der Waals surface area contributed by atoms with E-state index in [0.29, 0.717) is 24.2 Å². The molecule has 1 atom stereocenters. The van der Waals surface area contributed by atoms with Gasteiger partial charge in [0.25, 0.3) is 0 Å². The number of nitrogens with zero attached hydrogens (tertiary/aromatic N) is 2. The lowest BCUT2D eigenvalue weighted by molar-refractivity contribution is -0.138. The number of esters is 1. The Bertz CT molecular complexity index is 786. The summed E-state index contributed by atoms with van der Waals surface area (Å²) in [5.74, 6) is -0.661. The van der Waals surface area contributed by atoms with E-state index in [9.17, 15) is 9.59 Å². The minimum Gasteiger partial charge on any atom is -0.463 e. The molecule has 6 heteroatoms. The first-order valence-corrected chi connectivity index (χ1v) is 8.93. The topological polar surface area (TPSA) is 73.2 Å². The van der Waals surface area contributed by atoms with Crippen LogP contribution in [0.3, 0.4) is 0 Å². The van der Waals surface area contributed by atoms with Crippen LogP contribution in [0.25, 0.3) is 0 Å². The zero-order chi connectivity index (χ0) is 18.1. The Morgan fingerprint density at radius 2 is 2.12 bits per heavy atom. The molecular formula is C19H25N3O3. The summed E-state index contributed by atoms with van der Waals surface area (Å²) in [7, 11) is 0. The molecular weight excluding hydrogens is 318 g/mol. The molecule has 1 N–H and O–H groups in total. The van der Waals surface area contributed by atoms with Gasteiger partial charge in [-0.1, -0.05) is 0 Å². The second-order valence-electron chi connectivity index (χ2n) is 6.51. The first kappa shape index (κ1) is 17.5. The van der Waals surface area contributed by atoms with Crippen molar-refractivity contribution in [3.05, 3.63) is 40.0 Å². The van der Waals surface area contributed by atoms with Gasteiger partial charge in [0.15, 0.2) is 5.78 Å². The first-order chi connectivity index (χ1) is 12.0. The second kappa shape index (κ2) is 6.86. The number of aromatic nitrogens is 2. The predicted octanol–water partition coefficient (Wildman–Crippen LogP) is 2.74. The third kappa shape index (κ3) is 3.01. The third-order valence-corrected chi connectivity index (χ3v) is 4.89. The van der Waals surface area contributed by atoms with Crippen molar-refractivity contribution in [1.82, 2.24) is 15.1 Å². The molecule has 0 saturated carbocycles. The molecule has 134 valence electrons. The minimum atomic E-state index is -0.400. The van der Waals surface area contributed by atoms with Gasteiger partial charge in [0, 0.05) is 41.7 Å². The van der Waals surface area contributed by atoms with Gasteiger partial charge in [-0.15, -0.1) is 0 Å². The maximum atomic E-state index is 12.7. The van der Waals surface area contributed by atoms with Crippen LogP contribution in [0.4, 0.5) is 0 Å². The third-order valence-electron chi connectivity index (χ3n) is 4.89. The highest BCUT2D eigenvalue weighted by Crippen LogP contribution is 2.43. The number of allylic oxidation sites excluding steroid dienone is 3. The van der Waals surface area contributed by atoms with Crippen LogP contribution in [-0.4, -0.2) is 28.1 Å². The number of carbonyl (C=O) groups excluding carboxylic acids is 2. The molecule has 25 heavy (non-hydrogen) atoms. The maximum Gasteiger partial charge on any atom is 0.336 e. The van der Waals surface area contributed by atoms with Crippen LogP contribution in [0.5, 0.6) is 0 Å². The smallest absolute Gasteiger partial charge is 0.336 e. The van der Waals surface area contributed by atoms with Crippen LogP contribution in [0, 0.1) is 6.92 Å². The fourth-order valence-corrected chi connectivity index (χ4v) is 3.75. The largest absolute Gasteiger partial charge is 0.463 e. The zero-order valence-corrected chi connectivity index (χ0v) is 15.3. The van der Waals surface area contributed by atoms with Crippen molar-refractivity contribution in [2.75, 3.05) is 6.61 Å². The van der Waals surface area contributed by atoms with Gasteiger partial charge in [0.05, 0.1) is 23.8 Å². The summed E-state index contributed by atoms with van der Waals surface area (Å²) in [5, 5.41) is 7.81. The number of hydrogen-bond donors (Lipinski definition) is 1. The zero-order valence-electron chi connectivity index (χ0n) is 15.3. The van der Waals surface area contributed by atoms with Gasteiger partial charge in [-0.3, -0.25) is 9.48 Å². The molecule has 0 spiro atoms.